The van der Waals surface area contributed by atoms with Gasteiger partial charge >= 0.3 is 0 Å². The third kappa shape index (κ3) is 11.8. The van der Waals surface area contributed by atoms with Gasteiger partial charge in [-0.2, -0.15) is 0 Å². The zero-order valence-corrected chi connectivity index (χ0v) is 37.6. The van der Waals surface area contributed by atoms with Gasteiger partial charge in [0.2, 0.25) is 0 Å². The van der Waals surface area contributed by atoms with Crippen LogP contribution < -0.4 is 18.3 Å². The van der Waals surface area contributed by atoms with Crippen LogP contribution in [0.25, 0.3) is 43.1 Å². The highest BCUT2D eigenvalue weighted by atomic mass is 14.9. The first-order chi connectivity index (χ1) is 32.7. The third-order valence-electron chi connectivity index (χ3n) is 11.9. The van der Waals surface area contributed by atoms with E-state index in [-0.39, 0.29) is 0 Å². The van der Waals surface area contributed by atoms with E-state index in [1.54, 1.807) is 0 Å². The lowest BCUT2D eigenvalue weighted by molar-refractivity contribution is -0.696. The molecule has 0 saturated heterocycles. The fourth-order valence-electron chi connectivity index (χ4n) is 8.31. The Hall–Kier alpha value is -8.02. The van der Waals surface area contributed by atoms with Crippen LogP contribution in [-0.4, -0.2) is 0 Å². The van der Waals surface area contributed by atoms with Gasteiger partial charge in [0.25, 0.3) is 0 Å². The number of fused-ring (bicyclic) bond motifs is 4. The molecule has 66 heavy (non-hydrogen) atoms. The predicted molar refractivity (Wildman–Crippen MR) is 267 cm³/mol. The lowest BCUT2D eigenvalue weighted by Crippen LogP contribution is -2.32. The molecule has 0 aliphatic heterocycles. The summed E-state index contributed by atoms with van der Waals surface area (Å²) in [6, 6.07) is 47.0. The lowest BCUT2D eigenvalue weighted by Gasteiger charge is -2.04. The fraction of sp³-hybridized carbons (Fsp3) is 0.194. The average molecular weight is 855 g/mol. The van der Waals surface area contributed by atoms with Gasteiger partial charge in [0, 0.05) is 119 Å². The molecule has 9 aromatic rings. The number of aromatic nitrogens is 4. The maximum atomic E-state index is 3.54. The monoisotopic (exact) mass is 854 g/mol. The molecule has 4 aromatic heterocycles. The van der Waals surface area contributed by atoms with E-state index in [0.29, 0.717) is 0 Å². The average Bonchev–Trinajstić information content (AvgIpc) is 3.36. The van der Waals surface area contributed by atoms with Crippen molar-refractivity contribution in [3.63, 3.8) is 0 Å². The molecule has 4 nitrogen and oxygen atoms in total. The van der Waals surface area contributed by atoms with Gasteiger partial charge in [-0.3, -0.25) is 0 Å². The summed E-state index contributed by atoms with van der Waals surface area (Å²) in [5.41, 5.74) is 3.66. The Labute approximate surface area is 389 Å². The highest BCUT2D eigenvalue weighted by Gasteiger charge is 2.09. The van der Waals surface area contributed by atoms with Crippen LogP contribution in [0.15, 0.2) is 183 Å². The molecule has 4 heterocycles. The Bertz CT molecular complexity index is 2970. The highest BCUT2D eigenvalue weighted by Crippen LogP contribution is 2.18. The van der Waals surface area contributed by atoms with Crippen LogP contribution in [0.1, 0.15) is 73.6 Å². The molecule has 0 amide bonds. The molecule has 4 heteroatoms. The van der Waals surface area contributed by atoms with Gasteiger partial charge in [0.1, 0.15) is 26.2 Å². The second-order valence-corrected chi connectivity index (χ2v) is 16.8. The number of hydrogen-bond donors (Lipinski definition) is 0. The van der Waals surface area contributed by atoms with Crippen molar-refractivity contribution in [1.82, 2.24) is 0 Å². The number of aryl methyl sites for hydroxylation is 4. The first-order valence-electron chi connectivity index (χ1n) is 23.4. The van der Waals surface area contributed by atoms with Crippen molar-refractivity contribution in [2.24, 2.45) is 0 Å². The third-order valence-corrected chi connectivity index (χ3v) is 11.9. The summed E-state index contributed by atoms with van der Waals surface area (Å²) in [5, 5.41) is 10.0. The number of nitrogens with zero attached hydrogens (tertiary/aromatic N) is 4. The van der Waals surface area contributed by atoms with E-state index in [2.05, 4.69) is 249 Å². The second-order valence-electron chi connectivity index (χ2n) is 16.8. The Kier molecular flexibility index (Phi) is 14.4. The molecule has 0 unspecified atom stereocenters. The maximum Gasteiger partial charge on any atom is 0.176 e. The molecule has 0 N–H and O–H groups in total. The minimum atomic E-state index is 0.778. The van der Waals surface area contributed by atoms with Gasteiger partial charge in [0.05, 0.1) is 0 Å². The van der Waals surface area contributed by atoms with E-state index in [1.807, 2.05) is 0 Å². The van der Waals surface area contributed by atoms with Crippen LogP contribution in [0.4, 0.5) is 0 Å². The highest BCUT2D eigenvalue weighted by molar-refractivity contribution is 5.82. The van der Waals surface area contributed by atoms with Crippen molar-refractivity contribution in [1.29, 1.82) is 0 Å². The molecule has 0 spiro atoms. The van der Waals surface area contributed by atoms with Gasteiger partial charge in [-0.15, -0.1) is 0 Å². The number of benzene rings is 5. The Morgan fingerprint density at radius 3 is 0.742 bits per heavy atom. The van der Waals surface area contributed by atoms with Crippen LogP contribution >= 0.6 is 0 Å². The van der Waals surface area contributed by atoms with E-state index in [1.165, 1.54) is 43.1 Å². The zero-order valence-electron chi connectivity index (χ0n) is 37.6. The van der Waals surface area contributed by atoms with Crippen molar-refractivity contribution in [3.05, 3.63) is 205 Å². The van der Waals surface area contributed by atoms with E-state index in [9.17, 15) is 0 Å². The SMILES string of the molecule is C(#Cc1cc(C#CCCC[n+]2ccc3ccccc3c2)c(C#CCCC[n+]2ccc3ccccc3c2)cc1C#CCCC[n+]1ccc2ccccc2c1)CCC[n+]1ccc2ccccc2c1. The predicted octanol–water partition coefficient (Wildman–Crippen LogP) is 10.8. The van der Waals surface area contributed by atoms with E-state index in [0.717, 1.165) is 99.8 Å². The van der Waals surface area contributed by atoms with Crippen molar-refractivity contribution in [2.45, 2.75) is 77.5 Å². The molecule has 0 saturated carbocycles. The van der Waals surface area contributed by atoms with Gasteiger partial charge < -0.3 is 0 Å². The first-order valence-corrected chi connectivity index (χ1v) is 23.4. The molecule has 0 aliphatic carbocycles. The lowest BCUT2D eigenvalue weighted by atomic mass is 9.98. The zero-order chi connectivity index (χ0) is 44.6. The first kappa shape index (κ1) is 43.2. The Morgan fingerprint density at radius 2 is 0.500 bits per heavy atom. The summed E-state index contributed by atoms with van der Waals surface area (Å²) in [5.74, 6) is 28.2. The Morgan fingerprint density at radius 1 is 0.273 bits per heavy atom. The van der Waals surface area contributed by atoms with Crippen LogP contribution in [0.3, 0.4) is 0 Å². The van der Waals surface area contributed by atoms with Crippen molar-refractivity contribution >= 4 is 43.1 Å². The topological polar surface area (TPSA) is 15.5 Å². The second kappa shape index (κ2) is 22.1. The minimum absolute atomic E-state index is 0.778. The summed E-state index contributed by atoms with van der Waals surface area (Å²) in [6.07, 6.45) is 24.5. The molecular weight excluding hydrogens is 801 g/mol. The molecule has 0 bridgehead atoms. The number of unbranched alkanes of at least 4 members (excludes halogenated alkanes) is 4. The minimum Gasteiger partial charge on any atom is -0.204 e. The van der Waals surface area contributed by atoms with Crippen LogP contribution in [0, 0.1) is 47.4 Å². The molecular formula is C62H54N4+4. The maximum absolute atomic E-state index is 3.54. The number of pyridine rings is 4. The summed E-state index contributed by atoms with van der Waals surface area (Å²) in [4.78, 5) is 0. The summed E-state index contributed by atoms with van der Waals surface area (Å²) >= 11 is 0. The summed E-state index contributed by atoms with van der Waals surface area (Å²) in [7, 11) is 0. The molecule has 9 rings (SSSR count). The van der Waals surface area contributed by atoms with Crippen LogP contribution in [0.2, 0.25) is 0 Å². The molecule has 0 radical (unpaired) electrons. The van der Waals surface area contributed by atoms with Crippen LogP contribution in [0.5, 0.6) is 0 Å². The fourth-order valence-corrected chi connectivity index (χ4v) is 8.31. The number of rotatable bonds is 12. The summed E-state index contributed by atoms with van der Waals surface area (Å²) < 4.78 is 9.04. The standard InChI is InChI=1S/C62H54N4/c1(17-37-63-41-33-51-21-9-13-29-59(51)47-63)5-25-55-45-57(27-7-3-19-39-65-43-35-53-23-11-15-31-61(53)49-65)58(28-8-4-20-40-66-44-36-54-24-12-16-32-62(54)50-66)46-56(55)26-6-2-18-38-64-42-34-52-22-10-14-30-60(52)48-64/h9-16,21-24,29-36,41-50H,1-4,17-20,37-40H2/q+4. The molecule has 0 fully saturated rings. The largest absolute Gasteiger partial charge is 0.204 e. The van der Waals surface area contributed by atoms with Gasteiger partial charge in [-0.25, -0.2) is 18.3 Å². The van der Waals surface area contributed by atoms with Gasteiger partial charge in [-0.1, -0.05) is 120 Å². The summed E-state index contributed by atoms with van der Waals surface area (Å²) in [6.45, 7) is 3.63. The molecule has 5 aromatic carbocycles. The molecule has 318 valence electrons. The Balaban J connectivity index is 0.941. The smallest absolute Gasteiger partial charge is 0.176 e. The van der Waals surface area contributed by atoms with Gasteiger partial charge in [-0.05, 0) is 57.9 Å². The molecule has 0 aliphatic rings. The van der Waals surface area contributed by atoms with E-state index < -0.39 is 0 Å². The molecule has 0 atom stereocenters. The van der Waals surface area contributed by atoms with E-state index in [4.69, 9.17) is 0 Å². The van der Waals surface area contributed by atoms with Gasteiger partial charge in [0.15, 0.2) is 49.6 Å². The number of hydrogen-bond acceptors (Lipinski definition) is 0. The normalized spacial score (nSPS) is 10.7. The van der Waals surface area contributed by atoms with Crippen molar-refractivity contribution in [2.75, 3.05) is 0 Å². The van der Waals surface area contributed by atoms with Crippen molar-refractivity contribution in [3.8, 4) is 47.4 Å². The van der Waals surface area contributed by atoms with Crippen LogP contribution in [-0.2, 0) is 26.2 Å². The van der Waals surface area contributed by atoms with Crippen molar-refractivity contribution < 1.29 is 18.3 Å². The quantitative estimate of drug-likeness (QED) is 0.0661. The van der Waals surface area contributed by atoms with E-state index >= 15 is 0 Å².